The van der Waals surface area contributed by atoms with Crippen molar-refractivity contribution in [2.24, 2.45) is 0 Å². The summed E-state index contributed by atoms with van der Waals surface area (Å²) in [6, 6.07) is 0. The van der Waals surface area contributed by atoms with Crippen molar-refractivity contribution in [3.05, 3.63) is 0 Å². The maximum Gasteiger partial charge on any atom is 0.319 e. The molecule has 0 spiro atoms. The lowest BCUT2D eigenvalue weighted by atomic mass is 10.2. The Morgan fingerprint density at radius 3 is 2.35 bits per heavy atom. The Balaban J connectivity index is 2.54. The molecule has 1 unspecified atom stereocenters. The van der Waals surface area contributed by atoms with Gasteiger partial charge in [-0.05, 0) is 20.8 Å². The predicted molar refractivity (Wildman–Crippen MR) is 66.2 cm³/mol. The fourth-order valence-electron chi connectivity index (χ4n) is 1.58. The number of hydrogen-bond acceptors (Lipinski definition) is 4. The van der Waals surface area contributed by atoms with E-state index in [2.05, 4.69) is 0 Å². The van der Waals surface area contributed by atoms with Crippen LogP contribution in [-0.2, 0) is 14.3 Å². The van der Waals surface area contributed by atoms with Crippen LogP contribution in [-0.4, -0.2) is 58.2 Å². The third kappa shape index (κ3) is 3.89. The number of thioether (sulfide) groups is 1. The summed E-state index contributed by atoms with van der Waals surface area (Å²) in [7, 11) is 0. The number of amides is 1. The molecule has 0 aromatic carbocycles. The Morgan fingerprint density at radius 2 is 1.88 bits per heavy atom. The van der Waals surface area contributed by atoms with E-state index in [0.717, 1.165) is 0 Å². The summed E-state index contributed by atoms with van der Waals surface area (Å²) in [5.74, 6) is -0.906. The Kier molecular flexibility index (Phi) is 4.82. The van der Waals surface area contributed by atoms with Gasteiger partial charge in [-0.2, -0.15) is 0 Å². The van der Waals surface area contributed by atoms with Crippen LogP contribution in [0.5, 0.6) is 0 Å². The van der Waals surface area contributed by atoms with Crippen molar-refractivity contribution in [1.29, 1.82) is 0 Å². The number of carboxylic acids is 1. The maximum absolute atomic E-state index is 12.1. The summed E-state index contributed by atoms with van der Waals surface area (Å²) < 4.78 is 4.23. The van der Waals surface area contributed by atoms with Crippen LogP contribution < -0.4 is 0 Å². The highest BCUT2D eigenvalue weighted by Crippen LogP contribution is 2.30. The molecule has 1 atom stereocenters. The molecule has 1 N–H and O–H groups in total. The standard InChI is InChI=1S/C11H19NO4S/c1-8(17-11(2,3)10(14)15)9(13)12-4-6-16-7-5-12/h8H,4-7H2,1-3H3,(H,14,15). The molecule has 0 radical (unpaired) electrons. The van der Waals surface area contributed by atoms with Crippen LogP contribution in [0.15, 0.2) is 0 Å². The van der Waals surface area contributed by atoms with Gasteiger partial charge in [-0.25, -0.2) is 0 Å². The van der Waals surface area contributed by atoms with Crippen LogP contribution in [0, 0.1) is 0 Å². The van der Waals surface area contributed by atoms with Crippen molar-refractivity contribution in [2.75, 3.05) is 26.3 Å². The first kappa shape index (κ1) is 14.3. The van der Waals surface area contributed by atoms with Crippen molar-refractivity contribution >= 4 is 23.6 Å². The van der Waals surface area contributed by atoms with E-state index < -0.39 is 10.7 Å². The number of carbonyl (C=O) groups excluding carboxylic acids is 1. The number of morpholine rings is 1. The van der Waals surface area contributed by atoms with Gasteiger partial charge >= 0.3 is 5.97 Å². The molecule has 0 aromatic heterocycles. The van der Waals surface area contributed by atoms with Gasteiger partial charge in [-0.3, -0.25) is 9.59 Å². The van der Waals surface area contributed by atoms with Crippen LogP contribution in [0.25, 0.3) is 0 Å². The summed E-state index contributed by atoms with van der Waals surface area (Å²) in [6.07, 6.45) is 0. The predicted octanol–water partition coefficient (Wildman–Crippen LogP) is 0.830. The van der Waals surface area contributed by atoms with Crippen LogP contribution in [0.2, 0.25) is 0 Å². The van der Waals surface area contributed by atoms with Crippen molar-refractivity contribution in [2.45, 2.75) is 30.8 Å². The van der Waals surface area contributed by atoms with Crippen molar-refractivity contribution in [3.8, 4) is 0 Å². The first-order valence-electron chi connectivity index (χ1n) is 5.62. The lowest BCUT2D eigenvalue weighted by molar-refractivity contribution is -0.138. The highest BCUT2D eigenvalue weighted by Gasteiger charge is 2.34. The maximum atomic E-state index is 12.1. The molecule has 98 valence electrons. The molecule has 1 rings (SSSR count). The molecule has 17 heavy (non-hydrogen) atoms. The zero-order valence-corrected chi connectivity index (χ0v) is 11.2. The zero-order chi connectivity index (χ0) is 13.1. The minimum atomic E-state index is -0.943. The van der Waals surface area contributed by atoms with Crippen LogP contribution in [0.3, 0.4) is 0 Å². The lowest BCUT2D eigenvalue weighted by Crippen LogP contribution is -2.45. The Morgan fingerprint density at radius 1 is 1.35 bits per heavy atom. The van der Waals surface area contributed by atoms with Crippen molar-refractivity contribution in [1.82, 2.24) is 4.90 Å². The van der Waals surface area contributed by atoms with E-state index in [1.807, 2.05) is 0 Å². The largest absolute Gasteiger partial charge is 0.480 e. The fraction of sp³-hybridized carbons (Fsp3) is 0.818. The van der Waals surface area contributed by atoms with Crippen LogP contribution in [0.1, 0.15) is 20.8 Å². The summed E-state index contributed by atoms with van der Waals surface area (Å²) >= 11 is 1.18. The number of hydrogen-bond donors (Lipinski definition) is 1. The number of aliphatic carboxylic acids is 1. The van der Waals surface area contributed by atoms with Gasteiger partial charge in [0.25, 0.3) is 0 Å². The van der Waals surface area contributed by atoms with Crippen LogP contribution in [0.4, 0.5) is 0 Å². The van der Waals surface area contributed by atoms with Gasteiger partial charge < -0.3 is 14.7 Å². The van der Waals surface area contributed by atoms with Gasteiger partial charge in [-0.15, -0.1) is 11.8 Å². The molecule has 1 heterocycles. The first-order valence-corrected chi connectivity index (χ1v) is 6.50. The molecule has 0 saturated carbocycles. The second kappa shape index (κ2) is 5.73. The molecule has 1 aliphatic heterocycles. The molecule has 0 aromatic rings. The second-order valence-electron chi connectivity index (χ2n) is 4.51. The van der Waals surface area contributed by atoms with Crippen molar-refractivity contribution in [3.63, 3.8) is 0 Å². The van der Waals surface area contributed by atoms with E-state index in [1.165, 1.54) is 11.8 Å². The first-order chi connectivity index (χ1) is 7.84. The van der Waals surface area contributed by atoms with E-state index in [1.54, 1.807) is 25.7 Å². The number of rotatable bonds is 4. The minimum absolute atomic E-state index is 0.00683. The van der Waals surface area contributed by atoms with E-state index in [-0.39, 0.29) is 11.2 Å². The Hall–Kier alpha value is -0.750. The highest BCUT2D eigenvalue weighted by molar-refractivity contribution is 8.02. The molecule has 0 aliphatic carbocycles. The number of nitrogens with zero attached hydrogens (tertiary/aromatic N) is 1. The number of ether oxygens (including phenoxy) is 1. The number of carboxylic acid groups (broad SMARTS) is 1. The Labute approximate surface area is 105 Å². The normalized spacial score (nSPS) is 18.9. The average Bonchev–Trinajstić information content (AvgIpc) is 2.28. The van der Waals surface area contributed by atoms with Gasteiger partial charge in [0.1, 0.15) is 4.75 Å². The summed E-state index contributed by atoms with van der Waals surface area (Å²) in [5.41, 5.74) is 0. The van der Waals surface area contributed by atoms with E-state index in [9.17, 15) is 9.59 Å². The molecule has 6 heteroatoms. The van der Waals surface area contributed by atoms with E-state index in [4.69, 9.17) is 9.84 Å². The van der Waals surface area contributed by atoms with Gasteiger partial charge in [-0.1, -0.05) is 0 Å². The van der Waals surface area contributed by atoms with E-state index in [0.29, 0.717) is 26.3 Å². The average molecular weight is 261 g/mol. The molecule has 5 nitrogen and oxygen atoms in total. The fourth-order valence-corrected chi connectivity index (χ4v) is 2.82. The van der Waals surface area contributed by atoms with Gasteiger partial charge in [0.2, 0.25) is 5.91 Å². The smallest absolute Gasteiger partial charge is 0.319 e. The zero-order valence-electron chi connectivity index (χ0n) is 10.4. The molecular formula is C11H19NO4S. The number of carbonyl (C=O) groups is 2. The second-order valence-corrected chi connectivity index (χ2v) is 6.48. The molecule has 1 fully saturated rings. The summed E-state index contributed by atoms with van der Waals surface area (Å²) in [6.45, 7) is 7.30. The lowest BCUT2D eigenvalue weighted by Gasteiger charge is -2.31. The van der Waals surface area contributed by atoms with Gasteiger partial charge in [0.15, 0.2) is 0 Å². The van der Waals surface area contributed by atoms with E-state index >= 15 is 0 Å². The molecule has 1 saturated heterocycles. The summed E-state index contributed by atoms with van der Waals surface area (Å²) in [4.78, 5) is 24.8. The summed E-state index contributed by atoms with van der Waals surface area (Å²) in [5, 5.41) is 8.67. The molecule has 1 amide bonds. The quantitative estimate of drug-likeness (QED) is 0.812. The molecular weight excluding hydrogens is 242 g/mol. The highest BCUT2D eigenvalue weighted by atomic mass is 32.2. The Bertz CT molecular complexity index is 300. The van der Waals surface area contributed by atoms with Gasteiger partial charge in [0.05, 0.1) is 18.5 Å². The minimum Gasteiger partial charge on any atom is -0.480 e. The topological polar surface area (TPSA) is 66.8 Å². The van der Waals surface area contributed by atoms with Crippen LogP contribution >= 0.6 is 11.8 Å². The van der Waals surface area contributed by atoms with Gasteiger partial charge in [0, 0.05) is 13.1 Å². The monoisotopic (exact) mass is 261 g/mol. The SMILES string of the molecule is CC(SC(C)(C)C(=O)O)C(=O)N1CCOCC1. The third-order valence-corrected chi connectivity index (χ3v) is 3.98. The molecule has 1 aliphatic rings. The van der Waals surface area contributed by atoms with Crippen molar-refractivity contribution < 1.29 is 19.4 Å². The third-order valence-electron chi connectivity index (χ3n) is 2.66. The molecule has 0 bridgehead atoms.